The molecule has 1 rings (SSSR count). The van der Waals surface area contributed by atoms with Gasteiger partial charge in [-0.2, -0.15) is 0 Å². The van der Waals surface area contributed by atoms with Gasteiger partial charge in [0.15, 0.2) is 0 Å². The molecule has 13 heavy (non-hydrogen) atoms. The Morgan fingerprint density at radius 3 is 2.69 bits per heavy atom. The Morgan fingerprint density at radius 2 is 2.15 bits per heavy atom. The van der Waals surface area contributed by atoms with Crippen molar-refractivity contribution in [2.75, 3.05) is 32.8 Å². The fourth-order valence-corrected chi connectivity index (χ4v) is 1.49. The molecule has 0 aromatic carbocycles. The predicted octanol–water partition coefficient (Wildman–Crippen LogP) is -6.33. The minimum absolute atomic E-state index is 0. The minimum atomic E-state index is 0. The van der Waals surface area contributed by atoms with Gasteiger partial charge in [-0.3, -0.25) is 4.90 Å². The van der Waals surface area contributed by atoms with E-state index in [0.29, 0.717) is 12.6 Å². The Labute approximate surface area is 101 Å². The normalized spacial score (nSPS) is 23.1. The highest BCUT2D eigenvalue weighted by atomic mass is 79.9. The number of nitrogens with zero attached hydrogens (tertiary/aromatic N) is 1. The Hall–Kier alpha value is 0.840. The first-order valence-electron chi connectivity index (χ1n) is 4.40. The van der Waals surface area contributed by atoms with E-state index in [1.807, 2.05) is 0 Å². The molecule has 1 heterocycles. The van der Waals surface area contributed by atoms with Crippen molar-refractivity contribution in [1.82, 2.24) is 10.2 Å². The Balaban J connectivity index is 0. The third-order valence-corrected chi connectivity index (χ3v) is 2.24. The Morgan fingerprint density at radius 1 is 1.46 bits per heavy atom. The van der Waals surface area contributed by atoms with Gasteiger partial charge in [0.1, 0.15) is 0 Å². The molecule has 0 saturated carbocycles. The SMILES string of the molecule is CC1CNCCN1CCCO.[Br-].[Br-]. The zero-order chi connectivity index (χ0) is 8.10. The van der Waals surface area contributed by atoms with E-state index < -0.39 is 0 Å². The van der Waals surface area contributed by atoms with E-state index in [1.54, 1.807) is 0 Å². The molecule has 0 aliphatic carbocycles. The molecule has 1 unspecified atom stereocenters. The van der Waals surface area contributed by atoms with Crippen LogP contribution in [0.3, 0.4) is 0 Å². The van der Waals surface area contributed by atoms with E-state index in [0.717, 1.165) is 32.6 Å². The highest BCUT2D eigenvalue weighted by molar-refractivity contribution is 4.75. The number of aliphatic hydroxyl groups is 1. The lowest BCUT2D eigenvalue weighted by Gasteiger charge is -2.33. The van der Waals surface area contributed by atoms with Crippen molar-refractivity contribution in [3.63, 3.8) is 0 Å². The standard InChI is InChI=1S/C8H18N2O.2BrH/c1-8-7-9-3-5-10(8)4-2-6-11;;/h8-9,11H,2-7H2,1H3;2*1H/p-2. The Kier molecular flexibility index (Phi) is 11.8. The number of hydrogen-bond donors (Lipinski definition) is 2. The van der Waals surface area contributed by atoms with Gasteiger partial charge in [-0.05, 0) is 13.3 Å². The van der Waals surface area contributed by atoms with Crippen molar-refractivity contribution in [2.45, 2.75) is 19.4 Å². The van der Waals surface area contributed by atoms with E-state index in [1.165, 1.54) is 0 Å². The molecular weight excluding hydrogens is 300 g/mol. The number of hydrogen-bond acceptors (Lipinski definition) is 3. The van der Waals surface area contributed by atoms with Gasteiger partial charge >= 0.3 is 0 Å². The summed E-state index contributed by atoms with van der Waals surface area (Å²) in [6, 6.07) is 0.635. The fraction of sp³-hybridized carbons (Fsp3) is 1.00. The molecule has 1 aliphatic heterocycles. The van der Waals surface area contributed by atoms with Crippen molar-refractivity contribution >= 4 is 0 Å². The van der Waals surface area contributed by atoms with Gasteiger partial charge in [0.05, 0.1) is 0 Å². The smallest absolute Gasteiger partial charge is 0.0443 e. The molecule has 5 heteroatoms. The molecule has 1 aliphatic rings. The fourth-order valence-electron chi connectivity index (χ4n) is 1.49. The summed E-state index contributed by atoms with van der Waals surface area (Å²) in [5, 5.41) is 12.0. The van der Waals surface area contributed by atoms with Crippen LogP contribution in [-0.4, -0.2) is 48.8 Å². The van der Waals surface area contributed by atoms with Crippen LogP contribution in [0.4, 0.5) is 0 Å². The molecule has 1 saturated heterocycles. The number of aliphatic hydroxyl groups excluding tert-OH is 1. The van der Waals surface area contributed by atoms with Crippen LogP contribution in [0.2, 0.25) is 0 Å². The quantitative estimate of drug-likeness (QED) is 0.544. The monoisotopic (exact) mass is 316 g/mol. The summed E-state index contributed by atoms with van der Waals surface area (Å²) in [6.45, 7) is 6.89. The lowest BCUT2D eigenvalue weighted by molar-refractivity contribution is -0.00100. The van der Waals surface area contributed by atoms with E-state index in [2.05, 4.69) is 17.1 Å². The summed E-state index contributed by atoms with van der Waals surface area (Å²) in [7, 11) is 0. The van der Waals surface area contributed by atoms with Gasteiger partial charge in [0.25, 0.3) is 0 Å². The summed E-state index contributed by atoms with van der Waals surface area (Å²) in [5.41, 5.74) is 0. The topological polar surface area (TPSA) is 35.5 Å². The summed E-state index contributed by atoms with van der Waals surface area (Å²) in [4.78, 5) is 2.42. The van der Waals surface area contributed by atoms with Gasteiger partial charge in [-0.15, -0.1) is 0 Å². The van der Waals surface area contributed by atoms with E-state index >= 15 is 0 Å². The van der Waals surface area contributed by atoms with Crippen LogP contribution >= 0.6 is 0 Å². The largest absolute Gasteiger partial charge is 1.00 e. The molecule has 0 bridgehead atoms. The molecule has 0 aromatic heterocycles. The molecule has 1 atom stereocenters. The zero-order valence-corrected chi connectivity index (χ0v) is 11.1. The molecule has 0 aromatic rings. The summed E-state index contributed by atoms with van der Waals surface area (Å²) in [5.74, 6) is 0. The number of rotatable bonds is 3. The van der Waals surface area contributed by atoms with Crippen molar-refractivity contribution in [3.05, 3.63) is 0 Å². The first-order valence-corrected chi connectivity index (χ1v) is 4.40. The maximum absolute atomic E-state index is 8.64. The molecule has 0 amide bonds. The molecule has 1 fully saturated rings. The lowest BCUT2D eigenvalue weighted by atomic mass is 10.2. The van der Waals surface area contributed by atoms with Crippen molar-refractivity contribution in [1.29, 1.82) is 0 Å². The molecule has 0 radical (unpaired) electrons. The molecule has 0 spiro atoms. The van der Waals surface area contributed by atoms with Crippen LogP contribution in [0, 0.1) is 0 Å². The van der Waals surface area contributed by atoms with Crippen LogP contribution in [0.25, 0.3) is 0 Å². The summed E-state index contributed by atoms with van der Waals surface area (Å²) in [6.07, 6.45) is 0.907. The lowest BCUT2D eigenvalue weighted by Crippen LogP contribution is -3.00. The van der Waals surface area contributed by atoms with E-state index in [9.17, 15) is 0 Å². The first-order chi connectivity index (χ1) is 5.34. The maximum atomic E-state index is 8.64. The maximum Gasteiger partial charge on any atom is 0.0443 e. The minimum Gasteiger partial charge on any atom is -1.00 e. The summed E-state index contributed by atoms with van der Waals surface area (Å²) >= 11 is 0. The number of piperazine rings is 1. The van der Waals surface area contributed by atoms with Gasteiger partial charge in [0, 0.05) is 38.8 Å². The molecular formula is C8H18Br2N2O-2. The zero-order valence-electron chi connectivity index (χ0n) is 7.97. The first kappa shape index (κ1) is 16.3. The van der Waals surface area contributed by atoms with Crippen LogP contribution in [-0.2, 0) is 0 Å². The van der Waals surface area contributed by atoms with Gasteiger partial charge in [-0.25, -0.2) is 0 Å². The molecule has 82 valence electrons. The van der Waals surface area contributed by atoms with Crippen LogP contribution in [0.5, 0.6) is 0 Å². The second kappa shape index (κ2) is 9.40. The average molecular weight is 318 g/mol. The average Bonchev–Trinajstić information content (AvgIpc) is 2.03. The van der Waals surface area contributed by atoms with Crippen LogP contribution in [0.1, 0.15) is 13.3 Å². The highest BCUT2D eigenvalue weighted by Crippen LogP contribution is 2.02. The summed E-state index contributed by atoms with van der Waals surface area (Å²) < 4.78 is 0. The van der Waals surface area contributed by atoms with Gasteiger partial charge < -0.3 is 44.4 Å². The number of nitrogens with one attached hydrogen (secondary N) is 1. The van der Waals surface area contributed by atoms with E-state index in [-0.39, 0.29) is 34.0 Å². The van der Waals surface area contributed by atoms with Crippen molar-refractivity contribution < 1.29 is 39.1 Å². The second-order valence-electron chi connectivity index (χ2n) is 3.17. The van der Waals surface area contributed by atoms with Crippen LogP contribution in [0.15, 0.2) is 0 Å². The van der Waals surface area contributed by atoms with Crippen molar-refractivity contribution in [3.8, 4) is 0 Å². The van der Waals surface area contributed by atoms with Crippen molar-refractivity contribution in [2.24, 2.45) is 0 Å². The van der Waals surface area contributed by atoms with Crippen LogP contribution < -0.4 is 39.3 Å². The van der Waals surface area contributed by atoms with Gasteiger partial charge in [-0.1, -0.05) is 0 Å². The van der Waals surface area contributed by atoms with Gasteiger partial charge in [0.2, 0.25) is 0 Å². The number of halogens is 2. The molecule has 3 nitrogen and oxygen atoms in total. The third-order valence-electron chi connectivity index (χ3n) is 2.24. The van der Waals surface area contributed by atoms with E-state index in [4.69, 9.17) is 5.11 Å². The second-order valence-corrected chi connectivity index (χ2v) is 3.17. The highest BCUT2D eigenvalue weighted by Gasteiger charge is 2.16. The molecule has 2 N–H and O–H groups in total. The third kappa shape index (κ3) is 6.01. The predicted molar refractivity (Wildman–Crippen MR) is 45.6 cm³/mol. The Bertz CT molecular complexity index is 116.